The van der Waals surface area contributed by atoms with Crippen molar-refractivity contribution in [2.45, 2.75) is 108 Å². The second-order valence-corrected chi connectivity index (χ2v) is 12.1. The molecule has 0 heterocycles. The molecule has 0 aliphatic heterocycles. The van der Waals surface area contributed by atoms with E-state index in [-0.39, 0.29) is 33.9 Å². The normalized spacial score (nSPS) is 15.7. The molecule has 0 radical (unpaired) electrons. The van der Waals surface area contributed by atoms with Gasteiger partial charge in [-0.3, -0.25) is 0 Å². The Balaban J connectivity index is 4.98. The summed E-state index contributed by atoms with van der Waals surface area (Å²) in [6.07, 6.45) is -1.43. The molecule has 0 fully saturated rings. The van der Waals surface area contributed by atoms with Crippen LogP contribution in [0.3, 0.4) is 0 Å². The first-order chi connectivity index (χ1) is 11.7. The molecule has 0 bridgehead atoms. The van der Waals surface area contributed by atoms with Gasteiger partial charge in [-0.15, -0.1) is 0 Å². The number of ether oxygens (including phenoxy) is 3. The lowest BCUT2D eigenvalue weighted by molar-refractivity contribution is -0.0527. The van der Waals surface area contributed by atoms with Gasteiger partial charge in [-0.25, -0.2) is 9.59 Å². The molecule has 0 saturated heterocycles. The van der Waals surface area contributed by atoms with Crippen LogP contribution in [0.1, 0.15) is 95.9 Å². The Morgan fingerprint density at radius 1 is 0.593 bits per heavy atom. The first kappa shape index (κ1) is 25.7. The molecule has 0 spiro atoms. The number of carbonyl (C=O) groups excluding carboxylic acids is 2. The van der Waals surface area contributed by atoms with Crippen molar-refractivity contribution in [3.8, 4) is 0 Å². The van der Waals surface area contributed by atoms with Crippen LogP contribution in [0.4, 0.5) is 9.59 Å². The van der Waals surface area contributed by atoms with Crippen LogP contribution in [-0.2, 0) is 14.2 Å². The fourth-order valence-corrected chi connectivity index (χ4v) is 2.51. The van der Waals surface area contributed by atoms with Crippen LogP contribution < -0.4 is 0 Å². The van der Waals surface area contributed by atoms with E-state index in [1.807, 2.05) is 41.5 Å². The molecule has 2 atom stereocenters. The molecule has 0 saturated carbocycles. The molecule has 0 rings (SSSR count). The first-order valence-corrected chi connectivity index (χ1v) is 9.80. The Bertz CT molecular complexity index is 449. The highest BCUT2D eigenvalue weighted by atomic mass is 16.8. The molecule has 0 aliphatic rings. The lowest BCUT2D eigenvalue weighted by atomic mass is 9.78. The maximum Gasteiger partial charge on any atom is 0.518 e. The van der Waals surface area contributed by atoms with E-state index >= 15 is 0 Å². The van der Waals surface area contributed by atoms with Crippen molar-refractivity contribution in [2.75, 3.05) is 0 Å². The van der Waals surface area contributed by atoms with Crippen molar-refractivity contribution in [2.24, 2.45) is 21.7 Å². The van der Waals surface area contributed by atoms with Crippen LogP contribution in [0, 0.1) is 21.7 Å². The molecular formula is C22H42O5. The predicted octanol–water partition coefficient (Wildman–Crippen LogP) is 6.98. The van der Waals surface area contributed by atoms with Gasteiger partial charge in [0, 0.05) is 0 Å². The average Bonchev–Trinajstić information content (AvgIpc) is 2.31. The van der Waals surface area contributed by atoms with Gasteiger partial charge in [-0.2, -0.15) is 0 Å². The van der Waals surface area contributed by atoms with Crippen molar-refractivity contribution in [3.05, 3.63) is 0 Å². The molecule has 0 aromatic heterocycles. The van der Waals surface area contributed by atoms with Gasteiger partial charge in [0.1, 0.15) is 12.2 Å². The first-order valence-electron chi connectivity index (χ1n) is 9.80. The van der Waals surface area contributed by atoms with Crippen molar-refractivity contribution in [1.82, 2.24) is 0 Å². The van der Waals surface area contributed by atoms with Gasteiger partial charge in [0.25, 0.3) is 0 Å². The summed E-state index contributed by atoms with van der Waals surface area (Å²) in [4.78, 5) is 24.3. The Morgan fingerprint density at radius 3 is 1.04 bits per heavy atom. The van der Waals surface area contributed by atoms with E-state index in [0.29, 0.717) is 12.8 Å². The Hall–Kier alpha value is -1.26. The minimum absolute atomic E-state index is 0.0250. The number of hydrogen-bond donors (Lipinski definition) is 0. The van der Waals surface area contributed by atoms with Crippen molar-refractivity contribution in [3.63, 3.8) is 0 Å². The zero-order valence-corrected chi connectivity index (χ0v) is 19.6. The maximum absolute atomic E-state index is 12.2. The molecule has 5 heteroatoms. The van der Waals surface area contributed by atoms with Crippen molar-refractivity contribution in [1.29, 1.82) is 0 Å². The van der Waals surface area contributed by atoms with Gasteiger partial charge < -0.3 is 14.2 Å². The van der Waals surface area contributed by atoms with Crippen LogP contribution in [0.5, 0.6) is 0 Å². The summed E-state index contributed by atoms with van der Waals surface area (Å²) < 4.78 is 15.7. The van der Waals surface area contributed by atoms with Crippen LogP contribution in [-0.4, -0.2) is 24.5 Å². The van der Waals surface area contributed by atoms with E-state index in [4.69, 9.17) is 14.2 Å². The molecule has 160 valence electrons. The topological polar surface area (TPSA) is 61.8 Å². The van der Waals surface area contributed by atoms with Gasteiger partial charge in [0.05, 0.1) is 0 Å². The molecule has 2 unspecified atom stereocenters. The molecule has 0 amide bonds. The third-order valence-electron chi connectivity index (χ3n) is 4.17. The van der Waals surface area contributed by atoms with E-state index < -0.39 is 12.3 Å². The van der Waals surface area contributed by atoms with E-state index in [9.17, 15) is 9.59 Å². The van der Waals surface area contributed by atoms with Crippen LogP contribution >= 0.6 is 0 Å². The fraction of sp³-hybridized carbons (Fsp3) is 0.909. The summed E-state index contributed by atoms with van der Waals surface area (Å²) in [5.74, 6) is 0. The highest BCUT2D eigenvalue weighted by Gasteiger charge is 2.36. The quantitative estimate of drug-likeness (QED) is 0.385. The maximum atomic E-state index is 12.2. The number of hydrogen-bond acceptors (Lipinski definition) is 5. The summed E-state index contributed by atoms with van der Waals surface area (Å²) in [5, 5.41) is 0. The third kappa shape index (κ3) is 11.9. The molecular weight excluding hydrogens is 344 g/mol. The third-order valence-corrected chi connectivity index (χ3v) is 4.17. The number of carbonyl (C=O) groups is 2. The smallest absolute Gasteiger partial charge is 0.430 e. The number of rotatable bonds is 4. The van der Waals surface area contributed by atoms with Gasteiger partial charge in [0.2, 0.25) is 0 Å². The predicted molar refractivity (Wildman–Crippen MR) is 109 cm³/mol. The standard InChI is InChI=1S/C22H42O5/c1-19(2,3)13-15(21(7,8)9)25-17(23)27-18(24)26-16(22(10,11)12)14-20(4,5)6/h15-16H,13-14H2,1-12H3. The average molecular weight is 387 g/mol. The van der Waals surface area contributed by atoms with Crippen molar-refractivity contribution < 1.29 is 23.8 Å². The largest absolute Gasteiger partial charge is 0.518 e. The van der Waals surface area contributed by atoms with E-state index in [1.165, 1.54) is 0 Å². The molecule has 0 aromatic rings. The molecule has 0 aromatic carbocycles. The van der Waals surface area contributed by atoms with Gasteiger partial charge in [-0.1, -0.05) is 83.1 Å². The SMILES string of the molecule is CC(C)(C)CC(OC(=O)OC(=O)OC(CC(C)(C)C)C(C)(C)C)C(C)(C)C. The molecule has 0 N–H and O–H groups in total. The fourth-order valence-electron chi connectivity index (χ4n) is 2.51. The van der Waals surface area contributed by atoms with Gasteiger partial charge >= 0.3 is 12.3 Å². The highest BCUT2D eigenvalue weighted by molar-refractivity contribution is 5.77. The van der Waals surface area contributed by atoms with E-state index in [1.54, 1.807) is 0 Å². The summed E-state index contributed by atoms with van der Waals surface area (Å²) in [5.41, 5.74) is -0.585. The van der Waals surface area contributed by atoms with Crippen LogP contribution in [0.2, 0.25) is 0 Å². The second-order valence-electron chi connectivity index (χ2n) is 12.1. The summed E-state index contributed by atoms with van der Waals surface area (Å²) in [6.45, 7) is 24.4. The van der Waals surface area contributed by atoms with Crippen LogP contribution in [0.25, 0.3) is 0 Å². The lowest BCUT2D eigenvalue weighted by Gasteiger charge is -2.35. The molecule has 27 heavy (non-hydrogen) atoms. The molecule has 0 aliphatic carbocycles. The zero-order valence-electron chi connectivity index (χ0n) is 19.6. The van der Waals surface area contributed by atoms with E-state index in [0.717, 1.165) is 0 Å². The monoisotopic (exact) mass is 386 g/mol. The Kier molecular flexibility index (Phi) is 8.42. The zero-order chi connectivity index (χ0) is 21.8. The van der Waals surface area contributed by atoms with E-state index in [2.05, 4.69) is 41.5 Å². The van der Waals surface area contributed by atoms with Gasteiger partial charge in [0.15, 0.2) is 0 Å². The summed E-state index contributed by atoms with van der Waals surface area (Å²) >= 11 is 0. The summed E-state index contributed by atoms with van der Waals surface area (Å²) in [7, 11) is 0. The minimum atomic E-state index is -1.01. The molecule has 5 nitrogen and oxygen atoms in total. The Morgan fingerprint density at radius 2 is 0.852 bits per heavy atom. The highest BCUT2D eigenvalue weighted by Crippen LogP contribution is 2.34. The summed E-state index contributed by atoms with van der Waals surface area (Å²) in [6, 6.07) is 0. The lowest BCUT2D eigenvalue weighted by Crippen LogP contribution is -2.38. The second kappa shape index (κ2) is 8.83. The van der Waals surface area contributed by atoms with Crippen LogP contribution in [0.15, 0.2) is 0 Å². The Labute approximate surface area is 166 Å². The van der Waals surface area contributed by atoms with Gasteiger partial charge in [-0.05, 0) is 34.5 Å². The van der Waals surface area contributed by atoms with Crippen molar-refractivity contribution >= 4 is 12.3 Å². The minimum Gasteiger partial charge on any atom is -0.430 e.